The van der Waals surface area contributed by atoms with Crippen molar-refractivity contribution in [2.24, 2.45) is 5.73 Å². The third-order valence-electron chi connectivity index (χ3n) is 4.12. The summed E-state index contributed by atoms with van der Waals surface area (Å²) in [5, 5.41) is 4.01. The highest BCUT2D eigenvalue weighted by molar-refractivity contribution is 5.20. The van der Waals surface area contributed by atoms with Crippen molar-refractivity contribution in [3.63, 3.8) is 0 Å². The molecule has 1 fully saturated rings. The largest absolute Gasteiger partial charge is 0.339 e. The first kappa shape index (κ1) is 13.2. The van der Waals surface area contributed by atoms with E-state index in [4.69, 9.17) is 10.3 Å². The molecule has 20 heavy (non-hydrogen) atoms. The van der Waals surface area contributed by atoms with E-state index in [1.165, 1.54) is 12.1 Å². The first-order valence-corrected chi connectivity index (χ1v) is 6.99. The van der Waals surface area contributed by atoms with Crippen molar-refractivity contribution < 1.29 is 8.91 Å². The molecule has 1 aromatic heterocycles. The maximum atomic E-state index is 13.2. The first-order valence-electron chi connectivity index (χ1n) is 6.99. The van der Waals surface area contributed by atoms with E-state index in [9.17, 15) is 4.39 Å². The summed E-state index contributed by atoms with van der Waals surface area (Å²) in [4.78, 5) is 4.48. The Kier molecular flexibility index (Phi) is 3.53. The molecule has 0 amide bonds. The number of nitrogens with zero attached hydrogens (tertiary/aromatic N) is 2. The smallest absolute Gasteiger partial charge is 0.234 e. The second-order valence-electron chi connectivity index (χ2n) is 5.51. The van der Waals surface area contributed by atoms with Crippen molar-refractivity contribution in [2.45, 2.75) is 37.5 Å². The fourth-order valence-corrected chi connectivity index (χ4v) is 2.93. The lowest BCUT2D eigenvalue weighted by atomic mass is 9.86. The van der Waals surface area contributed by atoms with Gasteiger partial charge in [0.1, 0.15) is 5.82 Å². The predicted molar refractivity (Wildman–Crippen MR) is 72.7 cm³/mol. The Hall–Kier alpha value is -1.75. The fourth-order valence-electron chi connectivity index (χ4n) is 2.93. The van der Waals surface area contributed by atoms with Gasteiger partial charge in [0.15, 0.2) is 5.82 Å². The van der Waals surface area contributed by atoms with Crippen LogP contribution in [0.5, 0.6) is 0 Å². The molecule has 1 aromatic carbocycles. The molecule has 1 heterocycles. The van der Waals surface area contributed by atoms with Gasteiger partial charge < -0.3 is 10.3 Å². The van der Waals surface area contributed by atoms with Crippen molar-refractivity contribution in [2.75, 3.05) is 6.54 Å². The van der Waals surface area contributed by atoms with E-state index in [1.54, 1.807) is 6.07 Å². The van der Waals surface area contributed by atoms with Crippen molar-refractivity contribution in [3.05, 3.63) is 47.4 Å². The lowest BCUT2D eigenvalue weighted by Gasteiger charge is -2.21. The molecule has 0 unspecified atom stereocenters. The second kappa shape index (κ2) is 5.32. The van der Waals surface area contributed by atoms with Crippen LogP contribution in [0.1, 0.15) is 43.0 Å². The van der Waals surface area contributed by atoms with Crippen LogP contribution < -0.4 is 5.73 Å². The Morgan fingerprint density at radius 3 is 2.80 bits per heavy atom. The van der Waals surface area contributed by atoms with Gasteiger partial charge in [-0.05, 0) is 30.5 Å². The maximum Gasteiger partial charge on any atom is 0.234 e. The van der Waals surface area contributed by atoms with Crippen LogP contribution in [0.15, 0.2) is 28.8 Å². The van der Waals surface area contributed by atoms with Crippen molar-refractivity contribution in [1.82, 2.24) is 10.1 Å². The van der Waals surface area contributed by atoms with Gasteiger partial charge in [0.25, 0.3) is 0 Å². The molecular formula is C15H18FN3O. The molecule has 1 saturated carbocycles. The summed E-state index contributed by atoms with van der Waals surface area (Å²) in [5.41, 5.74) is 6.60. The molecule has 1 aliphatic carbocycles. The normalized spacial score (nSPS) is 17.5. The zero-order valence-electron chi connectivity index (χ0n) is 11.3. The monoisotopic (exact) mass is 275 g/mol. The summed E-state index contributed by atoms with van der Waals surface area (Å²) in [6, 6.07) is 6.45. The minimum Gasteiger partial charge on any atom is -0.339 e. The molecule has 0 saturated heterocycles. The minimum atomic E-state index is -0.250. The molecule has 4 nitrogen and oxygen atoms in total. The summed E-state index contributed by atoms with van der Waals surface area (Å²) in [7, 11) is 0. The Balaban J connectivity index is 1.80. The Morgan fingerprint density at radius 1 is 1.30 bits per heavy atom. The second-order valence-corrected chi connectivity index (χ2v) is 5.51. The highest BCUT2D eigenvalue weighted by atomic mass is 19.1. The summed E-state index contributed by atoms with van der Waals surface area (Å²) in [6.45, 7) is 0.536. The first-order chi connectivity index (χ1) is 9.72. The van der Waals surface area contributed by atoms with Crippen LogP contribution in [0.3, 0.4) is 0 Å². The minimum absolute atomic E-state index is 0.146. The summed E-state index contributed by atoms with van der Waals surface area (Å²) in [5.74, 6) is 0.981. The molecule has 0 bridgehead atoms. The number of nitrogens with two attached hydrogens (primary N) is 1. The number of halogens is 1. The Morgan fingerprint density at radius 2 is 2.10 bits per heavy atom. The summed E-state index contributed by atoms with van der Waals surface area (Å²) in [6.07, 6.45) is 4.79. The number of aromatic nitrogens is 2. The van der Waals surface area contributed by atoms with Gasteiger partial charge in [-0.3, -0.25) is 0 Å². The molecular weight excluding hydrogens is 257 g/mol. The average Bonchev–Trinajstić information content (AvgIpc) is 3.08. The number of hydrogen-bond acceptors (Lipinski definition) is 4. The molecule has 1 aliphatic rings. The van der Waals surface area contributed by atoms with Crippen LogP contribution in [0, 0.1) is 5.82 Å². The van der Waals surface area contributed by atoms with E-state index in [0.29, 0.717) is 24.7 Å². The standard InChI is InChI=1S/C15H18FN3O/c16-12-5-3-4-11(8-12)9-13-18-14(20-19-13)15(10-17)6-1-2-7-15/h3-5,8H,1-2,6-7,9-10,17H2. The van der Waals surface area contributed by atoms with E-state index >= 15 is 0 Å². The van der Waals surface area contributed by atoms with Crippen LogP contribution in [0.25, 0.3) is 0 Å². The van der Waals surface area contributed by atoms with Gasteiger partial charge in [0.05, 0.1) is 5.41 Å². The van der Waals surface area contributed by atoms with Crippen molar-refractivity contribution >= 4 is 0 Å². The molecule has 0 atom stereocenters. The SMILES string of the molecule is NCC1(c2nc(Cc3cccc(F)c3)no2)CCCC1. The summed E-state index contributed by atoms with van der Waals surface area (Å²) >= 11 is 0. The van der Waals surface area contributed by atoms with Gasteiger partial charge in [0, 0.05) is 13.0 Å². The Bertz CT molecular complexity index is 590. The van der Waals surface area contributed by atoms with Crippen molar-refractivity contribution in [3.8, 4) is 0 Å². The van der Waals surface area contributed by atoms with Gasteiger partial charge in [0.2, 0.25) is 5.89 Å². The van der Waals surface area contributed by atoms with Crippen molar-refractivity contribution in [1.29, 1.82) is 0 Å². The average molecular weight is 275 g/mol. The van der Waals surface area contributed by atoms with E-state index in [1.807, 2.05) is 6.07 Å². The molecule has 5 heteroatoms. The van der Waals surface area contributed by atoms with Gasteiger partial charge in [-0.25, -0.2) is 4.39 Å². The molecule has 0 aliphatic heterocycles. The van der Waals surface area contributed by atoms with Crippen LogP contribution in [-0.4, -0.2) is 16.7 Å². The maximum absolute atomic E-state index is 13.2. The molecule has 2 aromatic rings. The fraction of sp³-hybridized carbons (Fsp3) is 0.467. The van der Waals surface area contributed by atoms with Crippen LogP contribution in [-0.2, 0) is 11.8 Å². The van der Waals surface area contributed by atoms with E-state index in [-0.39, 0.29) is 11.2 Å². The Labute approximate surface area is 117 Å². The van der Waals surface area contributed by atoms with Gasteiger partial charge in [-0.1, -0.05) is 30.1 Å². The molecule has 3 rings (SSSR count). The van der Waals surface area contributed by atoms with E-state index in [2.05, 4.69) is 10.1 Å². The zero-order chi connectivity index (χ0) is 14.0. The van der Waals surface area contributed by atoms with Gasteiger partial charge in [-0.2, -0.15) is 4.98 Å². The third kappa shape index (κ3) is 2.45. The van der Waals surface area contributed by atoms with Crippen LogP contribution >= 0.6 is 0 Å². The lowest BCUT2D eigenvalue weighted by molar-refractivity contribution is 0.283. The highest BCUT2D eigenvalue weighted by Crippen LogP contribution is 2.39. The molecule has 2 N–H and O–H groups in total. The van der Waals surface area contributed by atoms with Crippen LogP contribution in [0.2, 0.25) is 0 Å². The zero-order valence-corrected chi connectivity index (χ0v) is 11.3. The van der Waals surface area contributed by atoms with Gasteiger partial charge >= 0.3 is 0 Å². The molecule has 0 spiro atoms. The van der Waals surface area contributed by atoms with Crippen LogP contribution in [0.4, 0.5) is 4.39 Å². The van der Waals surface area contributed by atoms with Gasteiger partial charge in [-0.15, -0.1) is 0 Å². The van der Waals surface area contributed by atoms with E-state index < -0.39 is 0 Å². The quantitative estimate of drug-likeness (QED) is 0.931. The lowest BCUT2D eigenvalue weighted by Crippen LogP contribution is -2.32. The van der Waals surface area contributed by atoms with E-state index in [0.717, 1.165) is 31.2 Å². The number of rotatable bonds is 4. The molecule has 0 radical (unpaired) electrons. The third-order valence-corrected chi connectivity index (χ3v) is 4.12. The predicted octanol–water partition coefficient (Wildman–Crippen LogP) is 2.57. The number of benzene rings is 1. The number of hydrogen-bond donors (Lipinski definition) is 1. The summed E-state index contributed by atoms with van der Waals surface area (Å²) < 4.78 is 18.6. The highest BCUT2D eigenvalue weighted by Gasteiger charge is 2.39. The topological polar surface area (TPSA) is 64.9 Å². The molecule has 106 valence electrons.